The van der Waals surface area contributed by atoms with Gasteiger partial charge < -0.3 is 9.84 Å². The van der Waals surface area contributed by atoms with E-state index in [-0.39, 0.29) is 5.57 Å². The second-order valence-electron chi connectivity index (χ2n) is 4.67. The Balaban J connectivity index is 2.46. The van der Waals surface area contributed by atoms with Crippen LogP contribution in [0.15, 0.2) is 11.1 Å². The zero-order valence-corrected chi connectivity index (χ0v) is 11.0. The van der Waals surface area contributed by atoms with E-state index in [0.717, 1.165) is 38.5 Å². The fourth-order valence-electron chi connectivity index (χ4n) is 2.15. The van der Waals surface area contributed by atoms with E-state index in [1.54, 1.807) is 0 Å². The normalized spacial score (nSPS) is 15.6. The van der Waals surface area contributed by atoms with E-state index < -0.39 is 11.9 Å². The van der Waals surface area contributed by atoms with Crippen molar-refractivity contribution in [3.63, 3.8) is 0 Å². The van der Waals surface area contributed by atoms with Gasteiger partial charge in [-0.05, 0) is 32.1 Å². The average Bonchev–Trinajstić information content (AvgIpc) is 2.38. The van der Waals surface area contributed by atoms with Crippen LogP contribution in [0, 0.1) is 0 Å². The first-order valence-corrected chi connectivity index (χ1v) is 6.79. The molecule has 0 aromatic carbocycles. The summed E-state index contributed by atoms with van der Waals surface area (Å²) in [4.78, 5) is 22.8. The predicted molar refractivity (Wildman–Crippen MR) is 68.2 cm³/mol. The van der Waals surface area contributed by atoms with E-state index in [0.29, 0.717) is 25.0 Å². The van der Waals surface area contributed by atoms with Gasteiger partial charge in [0.15, 0.2) is 0 Å². The molecule has 0 amide bonds. The second-order valence-corrected chi connectivity index (χ2v) is 4.67. The molecule has 1 aliphatic rings. The van der Waals surface area contributed by atoms with E-state index in [2.05, 4.69) is 6.92 Å². The highest BCUT2D eigenvalue weighted by molar-refractivity contribution is 5.99. The van der Waals surface area contributed by atoms with Crippen LogP contribution in [0.1, 0.15) is 58.3 Å². The lowest BCUT2D eigenvalue weighted by Crippen LogP contribution is -2.18. The molecule has 4 heteroatoms. The van der Waals surface area contributed by atoms with Crippen molar-refractivity contribution in [1.29, 1.82) is 0 Å². The lowest BCUT2D eigenvalue weighted by Gasteiger charge is -2.16. The van der Waals surface area contributed by atoms with Crippen molar-refractivity contribution < 1.29 is 19.4 Å². The number of esters is 1. The number of carboxylic acids is 1. The summed E-state index contributed by atoms with van der Waals surface area (Å²) in [7, 11) is 0. The topological polar surface area (TPSA) is 63.6 Å². The number of ether oxygens (including phenoxy) is 1. The van der Waals surface area contributed by atoms with Gasteiger partial charge in [-0.3, -0.25) is 0 Å². The zero-order chi connectivity index (χ0) is 13.4. The molecule has 0 saturated heterocycles. The van der Waals surface area contributed by atoms with Gasteiger partial charge in [0, 0.05) is 11.1 Å². The van der Waals surface area contributed by atoms with Crippen LogP contribution in [0.2, 0.25) is 0 Å². The largest absolute Gasteiger partial charge is 0.478 e. The lowest BCUT2D eigenvalue weighted by atomic mass is 9.92. The molecule has 0 spiro atoms. The van der Waals surface area contributed by atoms with Crippen molar-refractivity contribution in [1.82, 2.24) is 0 Å². The first kappa shape index (κ1) is 14.7. The van der Waals surface area contributed by atoms with Crippen LogP contribution in [0.25, 0.3) is 0 Å². The summed E-state index contributed by atoms with van der Waals surface area (Å²) in [6, 6.07) is 0. The van der Waals surface area contributed by atoms with Crippen LogP contribution in [0.4, 0.5) is 0 Å². The summed E-state index contributed by atoms with van der Waals surface area (Å²) in [5, 5.41) is 9.03. The monoisotopic (exact) mass is 254 g/mol. The SMILES string of the molecule is CCCCCCOC(=O)C1=C(C(=O)O)CCCC1. The van der Waals surface area contributed by atoms with Crippen LogP contribution in [0.3, 0.4) is 0 Å². The van der Waals surface area contributed by atoms with E-state index in [1.807, 2.05) is 0 Å². The molecule has 0 radical (unpaired) electrons. The molecule has 102 valence electrons. The average molecular weight is 254 g/mol. The van der Waals surface area contributed by atoms with Gasteiger partial charge in [-0.15, -0.1) is 0 Å². The number of hydrogen-bond acceptors (Lipinski definition) is 3. The number of unbranched alkanes of at least 4 members (excludes halogenated alkanes) is 3. The van der Waals surface area contributed by atoms with Crippen LogP contribution in [-0.2, 0) is 14.3 Å². The quantitative estimate of drug-likeness (QED) is 0.560. The molecule has 0 aromatic rings. The first-order valence-electron chi connectivity index (χ1n) is 6.79. The Labute approximate surface area is 108 Å². The first-order chi connectivity index (χ1) is 8.66. The molecule has 0 bridgehead atoms. The fourth-order valence-corrected chi connectivity index (χ4v) is 2.15. The molecule has 18 heavy (non-hydrogen) atoms. The van der Waals surface area contributed by atoms with Crippen LogP contribution in [-0.4, -0.2) is 23.7 Å². The van der Waals surface area contributed by atoms with Crippen LogP contribution in [0.5, 0.6) is 0 Å². The molecule has 1 rings (SSSR count). The third kappa shape index (κ3) is 4.51. The standard InChI is InChI=1S/C14H22O4/c1-2-3-4-7-10-18-14(17)12-9-6-5-8-11(12)13(15)16/h2-10H2,1H3,(H,15,16). The number of carbonyl (C=O) groups is 2. The lowest BCUT2D eigenvalue weighted by molar-refractivity contribution is -0.141. The highest BCUT2D eigenvalue weighted by atomic mass is 16.5. The Morgan fingerprint density at radius 2 is 1.78 bits per heavy atom. The minimum atomic E-state index is -0.979. The van der Waals surface area contributed by atoms with E-state index in [4.69, 9.17) is 9.84 Å². The summed E-state index contributed by atoms with van der Waals surface area (Å²) >= 11 is 0. The van der Waals surface area contributed by atoms with Crippen molar-refractivity contribution in [2.75, 3.05) is 6.61 Å². The minimum absolute atomic E-state index is 0.250. The van der Waals surface area contributed by atoms with Crippen LogP contribution < -0.4 is 0 Å². The Kier molecular flexibility index (Phi) is 6.47. The number of rotatable bonds is 7. The summed E-state index contributed by atoms with van der Waals surface area (Å²) in [5.41, 5.74) is 0.629. The Hall–Kier alpha value is -1.32. The van der Waals surface area contributed by atoms with Gasteiger partial charge >= 0.3 is 11.9 Å². The van der Waals surface area contributed by atoms with Crippen LogP contribution >= 0.6 is 0 Å². The van der Waals surface area contributed by atoms with Crippen molar-refractivity contribution in [2.45, 2.75) is 58.3 Å². The third-order valence-corrected chi connectivity index (χ3v) is 3.20. The zero-order valence-electron chi connectivity index (χ0n) is 11.0. The van der Waals surface area contributed by atoms with E-state index in [1.165, 1.54) is 0 Å². The minimum Gasteiger partial charge on any atom is -0.478 e. The number of carbonyl (C=O) groups excluding carboxylic acids is 1. The molecule has 0 atom stereocenters. The van der Waals surface area contributed by atoms with E-state index in [9.17, 15) is 9.59 Å². The summed E-state index contributed by atoms with van der Waals surface area (Å²) < 4.78 is 5.15. The molecule has 1 N–H and O–H groups in total. The molecule has 1 aliphatic carbocycles. The van der Waals surface area contributed by atoms with Gasteiger partial charge in [0.25, 0.3) is 0 Å². The maximum atomic E-state index is 11.8. The summed E-state index contributed by atoms with van der Waals surface area (Å²) in [6.45, 7) is 2.52. The van der Waals surface area contributed by atoms with Crippen molar-refractivity contribution in [3.05, 3.63) is 11.1 Å². The van der Waals surface area contributed by atoms with Gasteiger partial charge in [0.2, 0.25) is 0 Å². The highest BCUT2D eigenvalue weighted by Gasteiger charge is 2.24. The molecule has 0 unspecified atom stereocenters. The van der Waals surface area contributed by atoms with Crippen molar-refractivity contribution in [3.8, 4) is 0 Å². The molecule has 4 nitrogen and oxygen atoms in total. The molecule has 0 fully saturated rings. The molecular weight excluding hydrogens is 232 g/mol. The van der Waals surface area contributed by atoms with Gasteiger partial charge in [-0.25, -0.2) is 9.59 Å². The summed E-state index contributed by atoms with van der Waals surface area (Å²) in [6.07, 6.45) is 6.92. The molecular formula is C14H22O4. The Morgan fingerprint density at radius 1 is 1.11 bits per heavy atom. The number of carboxylic acid groups (broad SMARTS) is 1. The molecule has 0 aliphatic heterocycles. The number of aliphatic carboxylic acids is 1. The van der Waals surface area contributed by atoms with Gasteiger partial charge in [-0.2, -0.15) is 0 Å². The summed E-state index contributed by atoms with van der Waals surface area (Å²) in [5.74, 6) is -1.41. The van der Waals surface area contributed by atoms with E-state index >= 15 is 0 Å². The third-order valence-electron chi connectivity index (χ3n) is 3.20. The van der Waals surface area contributed by atoms with Crippen molar-refractivity contribution in [2.24, 2.45) is 0 Å². The maximum Gasteiger partial charge on any atom is 0.334 e. The number of hydrogen-bond donors (Lipinski definition) is 1. The fraction of sp³-hybridized carbons (Fsp3) is 0.714. The maximum absolute atomic E-state index is 11.8. The molecule has 0 heterocycles. The van der Waals surface area contributed by atoms with Gasteiger partial charge in [-0.1, -0.05) is 26.2 Å². The highest BCUT2D eigenvalue weighted by Crippen LogP contribution is 2.25. The molecule has 0 saturated carbocycles. The van der Waals surface area contributed by atoms with Crippen molar-refractivity contribution >= 4 is 11.9 Å². The Bertz CT molecular complexity index is 331. The molecule has 0 aromatic heterocycles. The second kappa shape index (κ2) is 7.90. The predicted octanol–water partition coefficient (Wildman–Crippen LogP) is 3.07. The Morgan fingerprint density at radius 3 is 2.39 bits per heavy atom. The van der Waals surface area contributed by atoms with Gasteiger partial charge in [0.05, 0.1) is 6.61 Å². The van der Waals surface area contributed by atoms with Gasteiger partial charge in [0.1, 0.15) is 0 Å². The smallest absolute Gasteiger partial charge is 0.334 e.